The molecule has 0 unspecified atom stereocenters. The number of unbranched alkanes of at least 4 members (excludes halogenated alkanes) is 1. The van der Waals surface area contributed by atoms with Crippen LogP contribution in [0.4, 0.5) is 0 Å². The molecule has 0 saturated carbocycles. The number of imidazole rings is 1. The predicted molar refractivity (Wildman–Crippen MR) is 54.7 cm³/mol. The maximum absolute atomic E-state index is 8.74. The van der Waals surface area contributed by atoms with E-state index in [2.05, 4.69) is 34.8 Å². The molecular weight excluding hydrogens is 220 g/mol. The number of hydrogen-bond acceptors (Lipinski definition) is 2. The second-order valence-corrected chi connectivity index (χ2v) is 4.01. The molecule has 15 heavy (non-hydrogen) atoms. The van der Waals surface area contributed by atoms with E-state index in [1.807, 2.05) is 7.05 Å². The Hall–Kier alpha value is -0.920. The second kappa shape index (κ2) is 6.54. The summed E-state index contributed by atoms with van der Waals surface area (Å²) in [7, 11) is -2.62. The first kappa shape index (κ1) is 14.1. The number of hydrogen-bond donors (Lipinski definition) is 2. The van der Waals surface area contributed by atoms with Crippen molar-refractivity contribution in [3.05, 3.63) is 18.7 Å². The Morgan fingerprint density at radius 1 is 1.40 bits per heavy atom. The molecule has 0 aromatic carbocycles. The van der Waals surface area contributed by atoms with Crippen LogP contribution in [0.2, 0.25) is 0 Å². The molecular formula is C8H17N2O4S+. The summed E-state index contributed by atoms with van der Waals surface area (Å²) in [5, 5.41) is 0. The Kier molecular flexibility index (Phi) is 6.14. The van der Waals surface area contributed by atoms with E-state index in [1.54, 1.807) is 0 Å². The highest BCUT2D eigenvalue weighted by molar-refractivity contribution is 7.79. The molecule has 0 saturated heterocycles. The first-order valence-corrected chi connectivity index (χ1v) is 5.93. The lowest BCUT2D eigenvalue weighted by Crippen LogP contribution is -2.30. The van der Waals surface area contributed by atoms with Gasteiger partial charge in [-0.3, -0.25) is 9.11 Å². The topological polar surface area (TPSA) is 83.4 Å². The number of nitrogens with zero attached hydrogens (tertiary/aromatic N) is 2. The summed E-state index contributed by atoms with van der Waals surface area (Å²) in [5.41, 5.74) is 0. The molecule has 0 radical (unpaired) electrons. The summed E-state index contributed by atoms with van der Waals surface area (Å²) in [6, 6.07) is 0. The first-order chi connectivity index (χ1) is 6.83. The van der Waals surface area contributed by atoms with E-state index in [-0.39, 0.29) is 0 Å². The van der Waals surface area contributed by atoms with Crippen molar-refractivity contribution in [2.24, 2.45) is 7.05 Å². The fourth-order valence-corrected chi connectivity index (χ4v) is 0.975. The maximum atomic E-state index is 8.74. The molecule has 0 fully saturated rings. The minimum absolute atomic E-state index is 1.15. The van der Waals surface area contributed by atoms with Gasteiger partial charge in [0.1, 0.15) is 12.4 Å². The fourth-order valence-electron chi connectivity index (χ4n) is 0.975. The van der Waals surface area contributed by atoms with Crippen LogP contribution in [0.3, 0.4) is 0 Å². The molecule has 0 aliphatic heterocycles. The normalized spacial score (nSPS) is 10.7. The molecule has 1 aromatic heterocycles. The minimum atomic E-state index is -4.67. The van der Waals surface area contributed by atoms with Crippen molar-refractivity contribution in [2.45, 2.75) is 26.3 Å². The van der Waals surface area contributed by atoms with Crippen molar-refractivity contribution in [3.8, 4) is 0 Å². The van der Waals surface area contributed by atoms with Gasteiger partial charge in [-0.05, 0) is 6.42 Å². The quantitative estimate of drug-likeness (QED) is 0.591. The SMILES string of the molecule is CCCC[n+]1ccn(C)c1.O=S(=O)(O)O. The molecule has 7 heteroatoms. The monoisotopic (exact) mass is 237 g/mol. The summed E-state index contributed by atoms with van der Waals surface area (Å²) in [4.78, 5) is 0. The first-order valence-electron chi connectivity index (χ1n) is 4.54. The summed E-state index contributed by atoms with van der Waals surface area (Å²) in [6.45, 7) is 3.36. The summed E-state index contributed by atoms with van der Waals surface area (Å²) in [5.74, 6) is 0. The molecule has 1 aromatic rings. The smallest absolute Gasteiger partial charge is 0.264 e. The zero-order chi connectivity index (χ0) is 11.9. The Morgan fingerprint density at radius 3 is 2.27 bits per heavy atom. The molecule has 0 atom stereocenters. The Bertz CT molecular complexity index is 364. The molecule has 88 valence electrons. The Labute approximate surface area is 89.7 Å². The van der Waals surface area contributed by atoms with E-state index in [9.17, 15) is 0 Å². The van der Waals surface area contributed by atoms with Gasteiger partial charge in [0, 0.05) is 0 Å². The van der Waals surface area contributed by atoms with Crippen molar-refractivity contribution in [1.82, 2.24) is 4.57 Å². The van der Waals surface area contributed by atoms with Gasteiger partial charge in [0.05, 0.1) is 13.6 Å². The van der Waals surface area contributed by atoms with Gasteiger partial charge < -0.3 is 0 Å². The highest BCUT2D eigenvalue weighted by Crippen LogP contribution is 1.85. The molecule has 0 bridgehead atoms. The fraction of sp³-hybridized carbons (Fsp3) is 0.625. The van der Waals surface area contributed by atoms with Crippen LogP contribution in [0, 0.1) is 0 Å². The average molecular weight is 237 g/mol. The van der Waals surface area contributed by atoms with Gasteiger partial charge in [0.2, 0.25) is 6.33 Å². The van der Waals surface area contributed by atoms with E-state index < -0.39 is 10.4 Å². The lowest BCUT2D eigenvalue weighted by Gasteiger charge is -1.90. The zero-order valence-electron chi connectivity index (χ0n) is 8.87. The van der Waals surface area contributed by atoms with Crippen LogP contribution < -0.4 is 4.57 Å². The largest absolute Gasteiger partial charge is 0.394 e. The van der Waals surface area contributed by atoms with Gasteiger partial charge in [-0.15, -0.1) is 0 Å². The molecule has 1 heterocycles. The van der Waals surface area contributed by atoms with Gasteiger partial charge in [-0.1, -0.05) is 13.3 Å². The average Bonchev–Trinajstić information content (AvgIpc) is 2.45. The molecule has 2 N–H and O–H groups in total. The highest BCUT2D eigenvalue weighted by atomic mass is 32.3. The second-order valence-electron chi connectivity index (χ2n) is 3.12. The van der Waals surface area contributed by atoms with E-state index in [1.165, 1.54) is 12.8 Å². The van der Waals surface area contributed by atoms with Crippen LogP contribution in [-0.4, -0.2) is 22.1 Å². The van der Waals surface area contributed by atoms with Crippen molar-refractivity contribution in [1.29, 1.82) is 0 Å². The molecule has 0 aliphatic rings. The van der Waals surface area contributed by atoms with E-state index in [0.717, 1.165) is 6.54 Å². The third kappa shape index (κ3) is 11.0. The number of aromatic nitrogens is 2. The lowest BCUT2D eigenvalue weighted by atomic mass is 10.3. The standard InChI is InChI=1S/C8H15N2.H2O4S/c1-3-4-5-10-7-6-9(2)8-10;1-5(2,3)4/h6-8H,3-5H2,1-2H3;(H2,1,2,3,4)/q+1;. The van der Waals surface area contributed by atoms with Gasteiger partial charge in [0.15, 0.2) is 0 Å². The summed E-state index contributed by atoms with van der Waals surface area (Å²) < 4.78 is 35.9. The number of rotatable bonds is 3. The minimum Gasteiger partial charge on any atom is -0.264 e. The maximum Gasteiger partial charge on any atom is 0.394 e. The van der Waals surface area contributed by atoms with Crippen LogP contribution in [0.15, 0.2) is 18.7 Å². The number of aryl methyl sites for hydroxylation is 2. The van der Waals surface area contributed by atoms with Gasteiger partial charge in [-0.2, -0.15) is 8.42 Å². The van der Waals surface area contributed by atoms with Crippen molar-refractivity contribution < 1.29 is 22.1 Å². The van der Waals surface area contributed by atoms with E-state index >= 15 is 0 Å². The van der Waals surface area contributed by atoms with Crippen LogP contribution in [0.1, 0.15) is 19.8 Å². The third-order valence-corrected chi connectivity index (χ3v) is 1.59. The van der Waals surface area contributed by atoms with Crippen LogP contribution in [0.25, 0.3) is 0 Å². The molecule has 0 aliphatic carbocycles. The lowest BCUT2D eigenvalue weighted by molar-refractivity contribution is -0.696. The molecule has 0 spiro atoms. The summed E-state index contributed by atoms with van der Waals surface area (Å²) >= 11 is 0. The molecule has 6 nitrogen and oxygen atoms in total. The Morgan fingerprint density at radius 2 is 1.93 bits per heavy atom. The van der Waals surface area contributed by atoms with Crippen LogP contribution in [-0.2, 0) is 24.0 Å². The Balaban J connectivity index is 0.000000336. The third-order valence-electron chi connectivity index (χ3n) is 1.59. The van der Waals surface area contributed by atoms with Crippen LogP contribution in [0.5, 0.6) is 0 Å². The van der Waals surface area contributed by atoms with E-state index in [4.69, 9.17) is 17.5 Å². The zero-order valence-corrected chi connectivity index (χ0v) is 9.68. The van der Waals surface area contributed by atoms with Gasteiger partial charge in [-0.25, -0.2) is 9.13 Å². The van der Waals surface area contributed by atoms with Gasteiger partial charge >= 0.3 is 10.4 Å². The molecule has 1 rings (SSSR count). The highest BCUT2D eigenvalue weighted by Gasteiger charge is 1.96. The van der Waals surface area contributed by atoms with E-state index in [0.29, 0.717) is 0 Å². The van der Waals surface area contributed by atoms with Gasteiger partial charge in [0.25, 0.3) is 0 Å². The van der Waals surface area contributed by atoms with Crippen LogP contribution >= 0.6 is 0 Å². The van der Waals surface area contributed by atoms with Crippen molar-refractivity contribution in [3.63, 3.8) is 0 Å². The predicted octanol–water partition coefficient (Wildman–Crippen LogP) is 0.460. The molecule has 0 amide bonds. The van der Waals surface area contributed by atoms with Crippen molar-refractivity contribution >= 4 is 10.4 Å². The van der Waals surface area contributed by atoms with Crippen molar-refractivity contribution in [2.75, 3.05) is 0 Å². The summed E-state index contributed by atoms with van der Waals surface area (Å²) in [6.07, 6.45) is 8.82.